The van der Waals surface area contributed by atoms with Crippen molar-refractivity contribution in [2.75, 3.05) is 6.61 Å². The number of rotatable bonds is 6. The van der Waals surface area contributed by atoms with Crippen molar-refractivity contribution in [2.24, 2.45) is 34.0 Å². The Balaban J connectivity index is 1.77. The van der Waals surface area contributed by atoms with E-state index in [1.807, 2.05) is 6.92 Å². The average molecular weight is 475 g/mol. The maximum atomic E-state index is 12.6. The molecular formula is C28H42O6. The molecule has 6 nitrogen and oxygen atoms in total. The minimum atomic E-state index is -0.547. The number of hydrogen-bond donors (Lipinski definition) is 0. The molecule has 4 fully saturated rings. The summed E-state index contributed by atoms with van der Waals surface area (Å²) in [4.78, 5) is 36.8. The molecule has 4 aliphatic carbocycles. The van der Waals surface area contributed by atoms with Crippen molar-refractivity contribution in [2.45, 2.75) is 105 Å². The van der Waals surface area contributed by atoms with Crippen LogP contribution in [0.5, 0.6) is 0 Å². The first-order chi connectivity index (χ1) is 16.0. The second-order valence-corrected chi connectivity index (χ2v) is 11.9. The zero-order valence-corrected chi connectivity index (χ0v) is 21.6. The van der Waals surface area contributed by atoms with Gasteiger partial charge in [0.2, 0.25) is 0 Å². The van der Waals surface area contributed by atoms with Gasteiger partial charge < -0.3 is 14.2 Å². The monoisotopic (exact) mass is 474 g/mol. The summed E-state index contributed by atoms with van der Waals surface area (Å²) in [5.41, 5.74) is 0.685. The molecule has 190 valence electrons. The quantitative estimate of drug-likeness (QED) is 0.292. The highest BCUT2D eigenvalue weighted by Crippen LogP contribution is 2.72. The molecule has 0 aliphatic heterocycles. The number of allylic oxidation sites excluding steroid dienone is 1. The Hall–Kier alpha value is -1.85. The molecule has 0 unspecified atom stereocenters. The van der Waals surface area contributed by atoms with Gasteiger partial charge in [-0.15, -0.1) is 0 Å². The molecule has 2 bridgehead atoms. The van der Waals surface area contributed by atoms with Crippen LogP contribution in [0.25, 0.3) is 0 Å². The third kappa shape index (κ3) is 3.89. The predicted molar refractivity (Wildman–Crippen MR) is 128 cm³/mol. The zero-order valence-electron chi connectivity index (χ0n) is 21.6. The SMILES string of the molecule is C=C1C[C@@]23C[C@@H]1CC[C@H]2[C@]1(C)CC[C@@H](OC(=O)CC)[C@](C)(COC(C)=O)[C@@H]1C[C@@H]3OC(=O)CC. The van der Waals surface area contributed by atoms with Crippen molar-refractivity contribution in [3.8, 4) is 0 Å². The number of ether oxygens (including phenoxy) is 3. The first-order valence-electron chi connectivity index (χ1n) is 13.2. The Kier molecular flexibility index (Phi) is 6.67. The molecule has 0 saturated heterocycles. The fourth-order valence-corrected chi connectivity index (χ4v) is 8.55. The second-order valence-electron chi connectivity index (χ2n) is 11.9. The van der Waals surface area contributed by atoms with Crippen LogP contribution in [0.3, 0.4) is 0 Å². The van der Waals surface area contributed by atoms with E-state index >= 15 is 0 Å². The molecule has 4 aliphatic rings. The van der Waals surface area contributed by atoms with E-state index in [1.54, 1.807) is 6.92 Å². The third-order valence-corrected chi connectivity index (χ3v) is 10.1. The molecule has 0 aromatic heterocycles. The topological polar surface area (TPSA) is 78.9 Å². The van der Waals surface area contributed by atoms with Crippen LogP contribution in [-0.2, 0) is 28.6 Å². The summed E-state index contributed by atoms with van der Waals surface area (Å²) in [6, 6.07) is 0. The number of hydrogen-bond acceptors (Lipinski definition) is 6. The summed E-state index contributed by atoms with van der Waals surface area (Å²) in [6.45, 7) is 14.2. The lowest BCUT2D eigenvalue weighted by Crippen LogP contribution is -2.66. The fourth-order valence-electron chi connectivity index (χ4n) is 8.55. The number of carbonyl (C=O) groups is 3. The summed E-state index contributed by atoms with van der Waals surface area (Å²) in [6.07, 6.45) is 6.77. The number of esters is 3. The molecule has 0 N–H and O–H groups in total. The molecule has 1 spiro atoms. The highest BCUT2D eigenvalue weighted by atomic mass is 16.6. The maximum Gasteiger partial charge on any atom is 0.305 e. The Bertz CT molecular complexity index is 865. The molecule has 34 heavy (non-hydrogen) atoms. The van der Waals surface area contributed by atoms with E-state index in [-0.39, 0.29) is 53.5 Å². The molecule has 0 radical (unpaired) electrons. The van der Waals surface area contributed by atoms with Crippen molar-refractivity contribution in [1.82, 2.24) is 0 Å². The van der Waals surface area contributed by atoms with Crippen LogP contribution >= 0.6 is 0 Å². The Morgan fingerprint density at radius 1 is 0.971 bits per heavy atom. The van der Waals surface area contributed by atoms with Crippen LogP contribution < -0.4 is 0 Å². The Morgan fingerprint density at radius 3 is 2.24 bits per heavy atom. The van der Waals surface area contributed by atoms with Gasteiger partial charge in [-0.1, -0.05) is 39.8 Å². The van der Waals surface area contributed by atoms with Gasteiger partial charge in [0.15, 0.2) is 0 Å². The molecule has 0 heterocycles. The molecule has 0 aromatic rings. The van der Waals surface area contributed by atoms with E-state index in [2.05, 4.69) is 20.4 Å². The normalized spacial score (nSPS) is 42.9. The van der Waals surface area contributed by atoms with Crippen LogP contribution in [0.1, 0.15) is 92.4 Å². The number of carbonyl (C=O) groups excluding carboxylic acids is 3. The van der Waals surface area contributed by atoms with Crippen LogP contribution in [0, 0.1) is 34.0 Å². The van der Waals surface area contributed by atoms with Gasteiger partial charge in [0.1, 0.15) is 18.8 Å². The van der Waals surface area contributed by atoms with Gasteiger partial charge in [0.25, 0.3) is 0 Å². The van der Waals surface area contributed by atoms with Gasteiger partial charge in [-0.05, 0) is 68.1 Å². The molecule has 6 heteroatoms. The predicted octanol–water partition coefficient (Wildman–Crippen LogP) is 5.38. The van der Waals surface area contributed by atoms with Gasteiger partial charge in [0.05, 0.1) is 0 Å². The summed E-state index contributed by atoms with van der Waals surface area (Å²) >= 11 is 0. The van der Waals surface area contributed by atoms with Crippen LogP contribution in [-0.4, -0.2) is 36.7 Å². The van der Waals surface area contributed by atoms with Gasteiger partial charge >= 0.3 is 17.9 Å². The van der Waals surface area contributed by atoms with E-state index in [4.69, 9.17) is 14.2 Å². The third-order valence-electron chi connectivity index (χ3n) is 10.1. The lowest BCUT2D eigenvalue weighted by Gasteiger charge is -2.66. The van der Waals surface area contributed by atoms with Gasteiger partial charge in [-0.3, -0.25) is 14.4 Å². The maximum absolute atomic E-state index is 12.6. The standard InChI is InChI=1S/C28H42O6/c1-7-24(30)33-22-11-12-26(5)20-10-9-19-15-28(20,14-17(19)3)23(34-25(31)8-2)13-21(26)27(22,6)16-32-18(4)29/h19-23H,3,7-16H2,1-2,4-6H3/t19-,20-,21+,22+,23-,26-,27+,28+/m0/s1. The first kappa shape index (κ1) is 25.2. The zero-order chi connectivity index (χ0) is 24.9. The fraction of sp³-hybridized carbons (Fsp3) is 0.821. The minimum absolute atomic E-state index is 0.0191. The summed E-state index contributed by atoms with van der Waals surface area (Å²) in [7, 11) is 0. The van der Waals surface area contributed by atoms with E-state index in [0.717, 1.165) is 38.5 Å². The summed E-state index contributed by atoms with van der Waals surface area (Å²) in [5.74, 6) is 0.294. The second kappa shape index (κ2) is 8.98. The van der Waals surface area contributed by atoms with E-state index in [1.165, 1.54) is 12.5 Å². The van der Waals surface area contributed by atoms with Crippen molar-refractivity contribution < 1.29 is 28.6 Å². The van der Waals surface area contributed by atoms with E-state index < -0.39 is 5.41 Å². The lowest BCUT2D eigenvalue weighted by atomic mass is 9.40. The first-order valence-corrected chi connectivity index (χ1v) is 13.2. The summed E-state index contributed by atoms with van der Waals surface area (Å²) in [5, 5.41) is 0. The Morgan fingerprint density at radius 2 is 1.62 bits per heavy atom. The molecule has 0 aromatic carbocycles. The van der Waals surface area contributed by atoms with Crippen LogP contribution in [0.4, 0.5) is 0 Å². The van der Waals surface area contributed by atoms with Crippen LogP contribution in [0.2, 0.25) is 0 Å². The summed E-state index contributed by atoms with van der Waals surface area (Å²) < 4.78 is 17.8. The smallest absolute Gasteiger partial charge is 0.305 e. The molecule has 0 amide bonds. The van der Waals surface area contributed by atoms with E-state index in [9.17, 15) is 14.4 Å². The molecule has 4 rings (SSSR count). The van der Waals surface area contributed by atoms with Gasteiger partial charge in [-0.25, -0.2) is 0 Å². The molecule has 8 atom stereocenters. The molecule has 4 saturated carbocycles. The minimum Gasteiger partial charge on any atom is -0.465 e. The highest BCUT2D eigenvalue weighted by molar-refractivity contribution is 5.69. The van der Waals surface area contributed by atoms with Crippen molar-refractivity contribution in [1.29, 1.82) is 0 Å². The lowest BCUT2D eigenvalue weighted by molar-refractivity contribution is -0.243. The van der Waals surface area contributed by atoms with E-state index in [0.29, 0.717) is 31.1 Å². The average Bonchev–Trinajstić information content (AvgIpc) is 3.04. The van der Waals surface area contributed by atoms with Crippen molar-refractivity contribution in [3.63, 3.8) is 0 Å². The van der Waals surface area contributed by atoms with Gasteiger partial charge in [-0.2, -0.15) is 0 Å². The van der Waals surface area contributed by atoms with Gasteiger partial charge in [0, 0.05) is 30.6 Å². The van der Waals surface area contributed by atoms with Crippen LogP contribution in [0.15, 0.2) is 12.2 Å². The van der Waals surface area contributed by atoms with Crippen molar-refractivity contribution in [3.05, 3.63) is 12.2 Å². The number of fused-ring (bicyclic) bond motifs is 3. The molecular weight excluding hydrogens is 432 g/mol. The largest absolute Gasteiger partial charge is 0.465 e. The Labute approximate surface area is 204 Å². The highest BCUT2D eigenvalue weighted by Gasteiger charge is 2.69. The van der Waals surface area contributed by atoms with Crippen molar-refractivity contribution >= 4 is 17.9 Å².